The van der Waals surface area contributed by atoms with Gasteiger partial charge in [-0.15, -0.1) is 11.3 Å². The molecule has 4 rings (SSSR count). The molecule has 0 atom stereocenters. The van der Waals surface area contributed by atoms with Gasteiger partial charge in [0.2, 0.25) is 0 Å². The first-order valence-electron chi connectivity index (χ1n) is 9.15. The fourth-order valence-electron chi connectivity index (χ4n) is 3.10. The Labute approximate surface area is 177 Å². The van der Waals surface area contributed by atoms with Crippen LogP contribution in [0, 0.1) is 6.92 Å². The minimum atomic E-state index is 0.821. The Balaban J connectivity index is 1.79. The van der Waals surface area contributed by atoms with Crippen molar-refractivity contribution >= 4 is 33.0 Å². The van der Waals surface area contributed by atoms with Crippen molar-refractivity contribution in [1.29, 1.82) is 0 Å². The summed E-state index contributed by atoms with van der Waals surface area (Å²) in [6.07, 6.45) is 2.70. The van der Waals surface area contributed by atoms with E-state index in [1.807, 2.05) is 30.5 Å². The third kappa shape index (κ3) is 4.32. The van der Waals surface area contributed by atoms with Gasteiger partial charge < -0.3 is 4.57 Å². The van der Waals surface area contributed by atoms with Gasteiger partial charge in [-0.1, -0.05) is 52.3 Å². The van der Waals surface area contributed by atoms with Crippen molar-refractivity contribution in [1.82, 2.24) is 9.55 Å². The number of aryl methyl sites for hydroxylation is 2. The molecular formula is C23H20BrN3S. The van der Waals surface area contributed by atoms with Gasteiger partial charge in [0.25, 0.3) is 0 Å². The van der Waals surface area contributed by atoms with E-state index in [-0.39, 0.29) is 0 Å². The summed E-state index contributed by atoms with van der Waals surface area (Å²) in [5.41, 5.74) is 5.61. The van der Waals surface area contributed by atoms with Crippen LogP contribution >= 0.6 is 27.3 Å². The van der Waals surface area contributed by atoms with Crippen LogP contribution in [0.2, 0.25) is 0 Å². The third-order valence-corrected chi connectivity index (χ3v) is 6.05. The average molecular weight is 450 g/mol. The van der Waals surface area contributed by atoms with Crippen LogP contribution in [0.4, 0.5) is 5.69 Å². The van der Waals surface area contributed by atoms with E-state index in [0.717, 1.165) is 33.6 Å². The lowest BCUT2D eigenvalue weighted by Gasteiger charge is -2.10. The molecule has 0 N–H and O–H groups in total. The summed E-state index contributed by atoms with van der Waals surface area (Å²) in [5, 5.41) is 2.19. The first-order valence-corrected chi connectivity index (χ1v) is 10.8. The molecule has 0 saturated heterocycles. The van der Waals surface area contributed by atoms with Crippen LogP contribution < -0.4 is 4.80 Å². The molecule has 0 aliphatic rings. The minimum absolute atomic E-state index is 0.821. The van der Waals surface area contributed by atoms with Crippen molar-refractivity contribution in [3.05, 3.63) is 98.8 Å². The number of hydrogen-bond acceptors (Lipinski definition) is 3. The van der Waals surface area contributed by atoms with E-state index in [4.69, 9.17) is 4.99 Å². The maximum Gasteiger partial charge on any atom is 0.190 e. The van der Waals surface area contributed by atoms with Crippen LogP contribution in [-0.2, 0) is 13.0 Å². The topological polar surface area (TPSA) is 30.2 Å². The Morgan fingerprint density at radius 2 is 1.89 bits per heavy atom. The fraction of sp³-hybridized carbons (Fsp3) is 0.130. The SMILES string of the molecule is Cc1cccc(N=c2scc(-c3ccccc3Br)n2CCc2ccccn2)c1. The maximum absolute atomic E-state index is 4.94. The largest absolute Gasteiger partial charge is 0.316 e. The summed E-state index contributed by atoms with van der Waals surface area (Å²) >= 11 is 5.37. The molecule has 5 heteroatoms. The molecule has 2 heterocycles. The van der Waals surface area contributed by atoms with Crippen LogP contribution in [-0.4, -0.2) is 9.55 Å². The van der Waals surface area contributed by atoms with E-state index in [1.165, 1.54) is 16.8 Å². The van der Waals surface area contributed by atoms with Crippen LogP contribution in [0.1, 0.15) is 11.3 Å². The predicted octanol–water partition coefficient (Wildman–Crippen LogP) is 6.16. The maximum atomic E-state index is 4.94. The highest BCUT2D eigenvalue weighted by atomic mass is 79.9. The number of nitrogens with zero attached hydrogens (tertiary/aromatic N) is 3. The summed E-state index contributed by atoms with van der Waals surface area (Å²) in [7, 11) is 0. The molecule has 0 bridgehead atoms. The van der Waals surface area contributed by atoms with Crippen molar-refractivity contribution < 1.29 is 0 Å². The molecule has 0 spiro atoms. The average Bonchev–Trinajstić information content (AvgIpc) is 3.10. The zero-order chi connectivity index (χ0) is 19.3. The number of pyridine rings is 1. The number of hydrogen-bond donors (Lipinski definition) is 0. The zero-order valence-corrected chi connectivity index (χ0v) is 18.0. The molecular weight excluding hydrogens is 430 g/mol. The standard InChI is InChI=1S/C23H20BrN3S/c1-17-7-6-9-19(15-17)26-23-27(14-12-18-8-4-5-13-25-18)22(16-28-23)20-10-2-3-11-21(20)24/h2-11,13,15-16H,12,14H2,1H3. The fourth-order valence-corrected chi connectivity index (χ4v) is 4.53. The van der Waals surface area contributed by atoms with Crippen molar-refractivity contribution in [2.75, 3.05) is 0 Å². The number of thiazole rings is 1. The number of benzene rings is 2. The summed E-state index contributed by atoms with van der Waals surface area (Å²) in [4.78, 5) is 10.4. The predicted molar refractivity (Wildman–Crippen MR) is 120 cm³/mol. The van der Waals surface area contributed by atoms with Gasteiger partial charge in [-0.25, -0.2) is 4.99 Å². The van der Waals surface area contributed by atoms with E-state index < -0.39 is 0 Å². The minimum Gasteiger partial charge on any atom is -0.316 e. The third-order valence-electron chi connectivity index (χ3n) is 4.49. The second kappa shape index (κ2) is 8.67. The van der Waals surface area contributed by atoms with Crippen LogP contribution in [0.15, 0.2) is 87.8 Å². The number of rotatable bonds is 5. The van der Waals surface area contributed by atoms with E-state index >= 15 is 0 Å². The van der Waals surface area contributed by atoms with Crippen molar-refractivity contribution in [3.63, 3.8) is 0 Å². The smallest absolute Gasteiger partial charge is 0.190 e. The van der Waals surface area contributed by atoms with Gasteiger partial charge in [-0.3, -0.25) is 4.98 Å². The summed E-state index contributed by atoms with van der Waals surface area (Å²) in [6, 6.07) is 22.7. The monoisotopic (exact) mass is 449 g/mol. The molecule has 28 heavy (non-hydrogen) atoms. The van der Waals surface area contributed by atoms with Crippen LogP contribution in [0.25, 0.3) is 11.3 Å². The Morgan fingerprint density at radius 1 is 1.04 bits per heavy atom. The van der Waals surface area contributed by atoms with E-state index in [2.05, 4.69) is 80.2 Å². The molecule has 0 aliphatic carbocycles. The first kappa shape index (κ1) is 18.8. The molecule has 4 aromatic rings. The zero-order valence-electron chi connectivity index (χ0n) is 15.5. The van der Waals surface area contributed by atoms with Gasteiger partial charge in [0.15, 0.2) is 4.80 Å². The molecule has 3 nitrogen and oxygen atoms in total. The first-order chi connectivity index (χ1) is 13.7. The molecule has 0 unspecified atom stereocenters. The van der Waals surface area contributed by atoms with Crippen molar-refractivity contribution in [2.24, 2.45) is 4.99 Å². The molecule has 2 aromatic heterocycles. The van der Waals surface area contributed by atoms with Gasteiger partial charge in [-0.2, -0.15) is 0 Å². The van der Waals surface area contributed by atoms with Gasteiger partial charge in [0.1, 0.15) is 0 Å². The summed E-state index contributed by atoms with van der Waals surface area (Å²) < 4.78 is 3.38. The Hall–Kier alpha value is -2.50. The Morgan fingerprint density at radius 3 is 2.68 bits per heavy atom. The van der Waals surface area contributed by atoms with E-state index in [0.29, 0.717) is 0 Å². The molecule has 2 aromatic carbocycles. The Bertz CT molecular complexity index is 1150. The van der Waals surface area contributed by atoms with Gasteiger partial charge >= 0.3 is 0 Å². The Kier molecular flexibility index (Phi) is 5.84. The molecule has 0 saturated carbocycles. The molecule has 140 valence electrons. The molecule has 0 radical (unpaired) electrons. The second-order valence-electron chi connectivity index (χ2n) is 6.56. The second-order valence-corrected chi connectivity index (χ2v) is 8.25. The number of aromatic nitrogens is 2. The lowest BCUT2D eigenvalue weighted by Crippen LogP contribution is -2.17. The van der Waals surface area contributed by atoms with E-state index in [9.17, 15) is 0 Å². The summed E-state index contributed by atoms with van der Waals surface area (Å²) in [5.74, 6) is 0. The normalized spacial score (nSPS) is 11.7. The van der Waals surface area contributed by atoms with Gasteiger partial charge in [0, 0.05) is 40.3 Å². The van der Waals surface area contributed by atoms with Crippen molar-refractivity contribution in [2.45, 2.75) is 19.9 Å². The lowest BCUT2D eigenvalue weighted by atomic mass is 10.1. The van der Waals surface area contributed by atoms with Crippen LogP contribution in [0.5, 0.6) is 0 Å². The quantitative estimate of drug-likeness (QED) is 0.358. The van der Waals surface area contributed by atoms with Gasteiger partial charge in [0.05, 0.1) is 11.4 Å². The molecule has 0 amide bonds. The number of halogens is 1. The molecule has 0 fully saturated rings. The highest BCUT2D eigenvalue weighted by molar-refractivity contribution is 9.10. The highest BCUT2D eigenvalue weighted by Gasteiger charge is 2.11. The molecule has 0 aliphatic heterocycles. The van der Waals surface area contributed by atoms with Gasteiger partial charge in [-0.05, 0) is 42.8 Å². The highest BCUT2D eigenvalue weighted by Crippen LogP contribution is 2.28. The summed E-state index contributed by atoms with van der Waals surface area (Å²) in [6.45, 7) is 2.91. The van der Waals surface area contributed by atoms with Crippen LogP contribution in [0.3, 0.4) is 0 Å². The van der Waals surface area contributed by atoms with E-state index in [1.54, 1.807) is 11.3 Å². The van der Waals surface area contributed by atoms with Crippen molar-refractivity contribution in [3.8, 4) is 11.3 Å². The lowest BCUT2D eigenvalue weighted by molar-refractivity contribution is 0.674.